The van der Waals surface area contributed by atoms with Gasteiger partial charge in [-0.2, -0.15) is 13.2 Å². The molecule has 1 saturated heterocycles. The number of aliphatic hydroxyl groups is 1. The smallest absolute Gasteiger partial charge is 0.475 e. The second-order valence-electron chi connectivity index (χ2n) is 12.9. The zero-order valence-electron chi connectivity index (χ0n) is 30.5. The van der Waals surface area contributed by atoms with Crippen molar-refractivity contribution < 1.29 is 64.4 Å². The highest BCUT2D eigenvalue weighted by Crippen LogP contribution is 2.18. The van der Waals surface area contributed by atoms with Crippen LogP contribution in [0.25, 0.3) is 0 Å². The molecule has 1 heterocycles. The summed E-state index contributed by atoms with van der Waals surface area (Å²) in [5.74, 6) is -5.97. The Labute approximate surface area is 312 Å². The van der Waals surface area contributed by atoms with Gasteiger partial charge in [-0.3, -0.25) is 4.79 Å². The number of hydrogen-bond donors (Lipinski definition) is 5. The number of hydrogen-bond acceptors (Lipinski definition) is 9. The number of sulfone groups is 1. The van der Waals surface area contributed by atoms with Crippen molar-refractivity contribution in [2.75, 3.05) is 25.5 Å². The Balaban J connectivity index is 0.00000131. The summed E-state index contributed by atoms with van der Waals surface area (Å²) >= 11 is 0. The summed E-state index contributed by atoms with van der Waals surface area (Å²) in [6, 6.07) is 8.16. The van der Waals surface area contributed by atoms with Crippen LogP contribution in [0.4, 0.5) is 26.7 Å². The largest absolute Gasteiger partial charge is 0.490 e. The zero-order chi connectivity index (χ0) is 40.5. The minimum atomic E-state index is -5.08. The minimum Gasteiger partial charge on any atom is -0.475 e. The molecule has 4 atom stereocenters. The van der Waals surface area contributed by atoms with E-state index in [1.165, 1.54) is 0 Å². The topological polar surface area (TPSA) is 180 Å². The number of aryl methyl sites for hydroxylation is 1. The Kier molecular flexibility index (Phi) is 19.3. The number of benzene rings is 2. The third-order valence-electron chi connectivity index (χ3n) is 8.39. The van der Waals surface area contributed by atoms with Gasteiger partial charge in [-0.25, -0.2) is 26.8 Å². The standard InChI is InChI=1S/C34H49F2N3O7S.C2HF3O2/c1-4-8-29(9-5-2)47(43,44)22-31(39-34(42)46-28-12-13-45-21-28)33(41)38-30(17-25-15-26(35)18-27(36)16-25)32(40)20-37-19-24-11-7-10-23(6-3)14-24;3-2(4,5)1(6)7/h7,10-11,14-16,18,28-32,37,40H,4-6,8-9,12-13,17,19-22H2,1-3H3,(H,38,41)(H,39,42);(H,6,7)/t28-,30-,31-,32+;/m0./s1. The van der Waals surface area contributed by atoms with E-state index < -0.39 is 80.9 Å². The van der Waals surface area contributed by atoms with Crippen LogP contribution in [0.2, 0.25) is 0 Å². The highest BCUT2D eigenvalue weighted by molar-refractivity contribution is 7.92. The summed E-state index contributed by atoms with van der Waals surface area (Å²) in [5.41, 5.74) is 2.31. The molecule has 1 aliphatic rings. The molecule has 0 aromatic heterocycles. The van der Waals surface area contributed by atoms with Crippen LogP contribution in [0.1, 0.15) is 69.6 Å². The molecule has 18 heteroatoms. The second kappa shape index (κ2) is 22.5. The molecule has 2 aromatic rings. The van der Waals surface area contributed by atoms with E-state index in [4.69, 9.17) is 19.4 Å². The van der Waals surface area contributed by atoms with Crippen molar-refractivity contribution in [1.29, 1.82) is 0 Å². The SMILES string of the molecule is CCCC(CCC)S(=O)(=O)C[C@H](NC(=O)O[C@H]1CCOC1)C(=O)N[C@@H](Cc1cc(F)cc(F)c1)[C@H](O)CNCc1cccc(CC)c1.O=C(O)C(F)(F)F. The first-order valence-electron chi connectivity index (χ1n) is 17.7. The van der Waals surface area contributed by atoms with E-state index in [-0.39, 0.29) is 25.1 Å². The van der Waals surface area contributed by atoms with Crippen molar-refractivity contribution in [1.82, 2.24) is 16.0 Å². The first-order valence-corrected chi connectivity index (χ1v) is 19.4. The number of aliphatic hydroxyl groups excluding tert-OH is 1. The number of ether oxygens (including phenoxy) is 2. The van der Waals surface area contributed by atoms with Crippen LogP contribution < -0.4 is 16.0 Å². The number of halogens is 5. The highest BCUT2D eigenvalue weighted by Gasteiger charge is 2.38. The van der Waals surface area contributed by atoms with Gasteiger partial charge in [0.2, 0.25) is 5.91 Å². The van der Waals surface area contributed by atoms with Crippen molar-refractivity contribution >= 4 is 27.8 Å². The lowest BCUT2D eigenvalue weighted by molar-refractivity contribution is -0.192. The molecule has 0 saturated carbocycles. The van der Waals surface area contributed by atoms with Gasteiger partial charge in [-0.15, -0.1) is 0 Å². The first-order chi connectivity index (χ1) is 25.4. The van der Waals surface area contributed by atoms with Gasteiger partial charge in [-0.05, 0) is 54.5 Å². The van der Waals surface area contributed by atoms with E-state index in [0.717, 1.165) is 29.7 Å². The molecule has 2 amide bonds. The molecule has 3 rings (SSSR count). The summed E-state index contributed by atoms with van der Waals surface area (Å²) in [6.07, 6.45) is -4.67. The summed E-state index contributed by atoms with van der Waals surface area (Å²) in [7, 11) is -3.87. The monoisotopic (exact) mass is 795 g/mol. The summed E-state index contributed by atoms with van der Waals surface area (Å²) < 4.78 is 97.5. The normalized spacial score (nSPS) is 16.1. The Hall–Kier alpha value is -3.87. The molecule has 54 heavy (non-hydrogen) atoms. The fourth-order valence-corrected chi connectivity index (χ4v) is 7.81. The van der Waals surface area contributed by atoms with Crippen molar-refractivity contribution in [2.24, 2.45) is 0 Å². The Bertz CT molecular complexity index is 1580. The number of carbonyl (C=O) groups is 3. The van der Waals surface area contributed by atoms with Crippen LogP contribution in [0.3, 0.4) is 0 Å². The van der Waals surface area contributed by atoms with Crippen LogP contribution in [-0.4, -0.2) is 97.8 Å². The van der Waals surface area contributed by atoms with Gasteiger partial charge in [0.15, 0.2) is 9.84 Å². The highest BCUT2D eigenvalue weighted by atomic mass is 32.2. The van der Waals surface area contributed by atoms with Gasteiger partial charge in [0.1, 0.15) is 23.8 Å². The maximum absolute atomic E-state index is 14.1. The molecule has 0 bridgehead atoms. The molecule has 12 nitrogen and oxygen atoms in total. The third-order valence-corrected chi connectivity index (χ3v) is 10.7. The average Bonchev–Trinajstić information content (AvgIpc) is 3.60. The second-order valence-corrected chi connectivity index (χ2v) is 15.2. The first kappa shape index (κ1) is 46.3. The number of carbonyl (C=O) groups excluding carboxylic acids is 2. The van der Waals surface area contributed by atoms with Crippen LogP contribution in [0, 0.1) is 11.6 Å². The van der Waals surface area contributed by atoms with Gasteiger partial charge in [-0.1, -0.05) is 57.9 Å². The molecule has 304 valence electrons. The molecular weight excluding hydrogens is 745 g/mol. The van der Waals surface area contributed by atoms with Crippen LogP contribution >= 0.6 is 0 Å². The Morgan fingerprint density at radius 1 is 0.963 bits per heavy atom. The molecule has 0 unspecified atom stereocenters. The third kappa shape index (κ3) is 16.7. The van der Waals surface area contributed by atoms with Gasteiger partial charge < -0.3 is 35.6 Å². The van der Waals surface area contributed by atoms with Gasteiger partial charge >= 0.3 is 18.2 Å². The number of amides is 2. The van der Waals surface area contributed by atoms with E-state index in [1.807, 2.05) is 45.0 Å². The summed E-state index contributed by atoms with van der Waals surface area (Å²) in [6.45, 7) is 6.79. The number of aliphatic carboxylic acids is 1. The number of carboxylic acids is 1. The summed E-state index contributed by atoms with van der Waals surface area (Å²) in [5, 5.41) is 25.9. The quantitative estimate of drug-likeness (QED) is 0.126. The minimum absolute atomic E-state index is 0.00567. The van der Waals surface area contributed by atoms with Crippen LogP contribution in [0.15, 0.2) is 42.5 Å². The lowest BCUT2D eigenvalue weighted by atomic mass is 10.00. The van der Waals surface area contributed by atoms with E-state index in [0.29, 0.717) is 51.3 Å². The summed E-state index contributed by atoms with van der Waals surface area (Å²) in [4.78, 5) is 35.5. The van der Waals surface area contributed by atoms with Gasteiger partial charge in [0.25, 0.3) is 0 Å². The molecule has 0 spiro atoms. The molecule has 1 fully saturated rings. The molecule has 5 N–H and O–H groups in total. The Morgan fingerprint density at radius 3 is 2.11 bits per heavy atom. The number of rotatable bonds is 19. The van der Waals surface area contributed by atoms with Crippen LogP contribution in [-0.2, 0) is 48.3 Å². The van der Waals surface area contributed by atoms with E-state index in [9.17, 15) is 45.1 Å². The van der Waals surface area contributed by atoms with E-state index in [2.05, 4.69) is 16.0 Å². The average molecular weight is 796 g/mol. The van der Waals surface area contributed by atoms with Crippen molar-refractivity contribution in [3.05, 3.63) is 70.8 Å². The fraction of sp³-hybridized carbons (Fsp3) is 0.583. The number of alkyl halides is 3. The van der Waals surface area contributed by atoms with E-state index in [1.54, 1.807) is 0 Å². The lowest BCUT2D eigenvalue weighted by Gasteiger charge is -2.28. The predicted molar refractivity (Wildman–Crippen MR) is 189 cm³/mol. The zero-order valence-corrected chi connectivity index (χ0v) is 31.3. The predicted octanol–water partition coefficient (Wildman–Crippen LogP) is 4.61. The van der Waals surface area contributed by atoms with Gasteiger partial charge in [0, 0.05) is 25.6 Å². The Morgan fingerprint density at radius 2 is 1.57 bits per heavy atom. The van der Waals surface area contributed by atoms with Crippen LogP contribution in [0.5, 0.6) is 0 Å². The molecule has 0 radical (unpaired) electrons. The van der Waals surface area contributed by atoms with E-state index >= 15 is 0 Å². The fourth-order valence-electron chi connectivity index (χ4n) is 5.65. The number of carboxylic acid groups (broad SMARTS) is 1. The number of nitrogens with one attached hydrogen (secondary N) is 3. The molecular formula is C36H50F5N3O9S. The molecule has 2 aromatic carbocycles. The molecule has 1 aliphatic heterocycles. The van der Waals surface area contributed by atoms with Crippen molar-refractivity contribution in [3.63, 3.8) is 0 Å². The maximum Gasteiger partial charge on any atom is 0.490 e. The molecule has 0 aliphatic carbocycles. The van der Waals surface area contributed by atoms with Gasteiger partial charge in [0.05, 0.1) is 36.4 Å². The maximum atomic E-state index is 14.1. The van der Waals surface area contributed by atoms with Crippen molar-refractivity contribution in [2.45, 2.75) is 108 Å². The van der Waals surface area contributed by atoms with Crippen molar-refractivity contribution in [3.8, 4) is 0 Å². The lowest BCUT2D eigenvalue weighted by Crippen LogP contribution is -2.57. The number of alkyl carbamates (subject to hydrolysis) is 1.